The second-order valence-corrected chi connectivity index (χ2v) is 26.2. The fraction of sp³-hybridized carbons (Fsp3) is 0.254. The highest BCUT2D eigenvalue weighted by molar-refractivity contribution is 14.1. The van der Waals surface area contributed by atoms with Crippen LogP contribution in [0.3, 0.4) is 0 Å². The molecular weight excluding hydrogens is 1450 g/mol. The summed E-state index contributed by atoms with van der Waals surface area (Å²) < 4.78 is 74.0. The summed E-state index contributed by atoms with van der Waals surface area (Å²) in [5, 5.41) is 38.6. The number of likely N-dealkylation sites (tertiary alicyclic amines) is 2. The first-order chi connectivity index (χ1) is 49.3. The lowest BCUT2D eigenvalue weighted by Gasteiger charge is -2.34. The molecule has 6 aromatic carbocycles. The van der Waals surface area contributed by atoms with Crippen molar-refractivity contribution in [3.8, 4) is 62.8 Å². The first-order valence-electron chi connectivity index (χ1n) is 32.2. The zero-order valence-corrected chi connectivity index (χ0v) is 58.9. The number of aromatic nitrogens is 12. The Morgan fingerprint density at radius 3 is 1.39 bits per heavy atom. The number of H-pyrrole nitrogens is 2. The molecule has 533 valence electrons. The molecule has 103 heavy (non-hydrogen) atoms. The van der Waals surface area contributed by atoms with Crippen LogP contribution in [0, 0.1) is 21.2 Å². The van der Waals surface area contributed by atoms with Crippen LogP contribution in [0.15, 0.2) is 165 Å². The largest absolute Gasteiger partial charge is 0.569 e. The number of ether oxygens (including phenoxy) is 5. The number of aliphatic hydroxyl groups excluding tert-OH is 1. The van der Waals surface area contributed by atoms with Gasteiger partial charge < -0.3 is 65.5 Å². The third-order valence-corrected chi connectivity index (χ3v) is 15.9. The Hall–Kier alpha value is -11.4. The van der Waals surface area contributed by atoms with Crippen LogP contribution >= 0.6 is 22.6 Å². The normalized spacial score (nSPS) is 14.3. The van der Waals surface area contributed by atoms with Crippen molar-refractivity contribution in [2.45, 2.75) is 90.6 Å². The Labute approximate surface area is 603 Å². The Morgan fingerprint density at radius 2 is 0.922 bits per heavy atom. The topological polar surface area (TPSA) is 367 Å². The monoisotopic (exact) mass is 1520 g/mol. The number of carbonyl (C=O) groups excluding carboxylic acids is 2. The average Bonchev–Trinajstić information content (AvgIpc) is 1.62. The highest BCUT2D eigenvalue weighted by Crippen LogP contribution is 2.37. The lowest BCUT2D eigenvalue weighted by Crippen LogP contribution is -2.44. The van der Waals surface area contributed by atoms with E-state index in [0.717, 1.165) is 51.6 Å². The Bertz CT molecular complexity index is 4780. The van der Waals surface area contributed by atoms with Crippen molar-refractivity contribution in [3.05, 3.63) is 186 Å². The zero-order valence-electron chi connectivity index (χ0n) is 56.7. The number of anilines is 3. The number of carbonyl (C=O) groups is 2. The highest BCUT2D eigenvalue weighted by Gasteiger charge is 2.32. The van der Waals surface area contributed by atoms with E-state index < -0.39 is 17.3 Å². The maximum absolute atomic E-state index is 13.2. The molecule has 2 atom stereocenters. The number of halogens is 4. The highest BCUT2D eigenvalue weighted by atomic mass is 127. The molecule has 10 N–H and O–H groups in total. The molecule has 0 aliphatic carbocycles. The van der Waals surface area contributed by atoms with Gasteiger partial charge in [-0.3, -0.25) is 10.2 Å². The Morgan fingerprint density at radius 1 is 0.524 bits per heavy atom. The summed E-state index contributed by atoms with van der Waals surface area (Å²) >= 11 is 2.10. The maximum Gasteiger partial charge on any atom is 0.569 e. The first kappa shape index (κ1) is 74.3. The molecule has 8 heterocycles. The number of amides is 2. The van der Waals surface area contributed by atoms with Crippen molar-refractivity contribution >= 4 is 93.0 Å². The van der Waals surface area contributed by atoms with E-state index in [4.69, 9.17) is 55.7 Å². The number of nitrogens with two attached hydrogens (primary N) is 3. The van der Waals surface area contributed by atoms with Crippen molar-refractivity contribution in [1.82, 2.24) is 69.9 Å². The summed E-state index contributed by atoms with van der Waals surface area (Å²) in [4.78, 5) is 52.1. The molecule has 27 nitrogen and oxygen atoms in total. The summed E-state index contributed by atoms with van der Waals surface area (Å²) in [6.07, 6.45) is 6.43. The number of fused-ring (bicyclic) bond motifs is 3. The average molecular weight is 1520 g/mol. The van der Waals surface area contributed by atoms with Gasteiger partial charge >= 0.3 is 19.9 Å². The number of rotatable bonds is 11. The van der Waals surface area contributed by atoms with Crippen LogP contribution in [0.4, 0.5) is 40.2 Å². The second kappa shape index (κ2) is 33.9. The van der Waals surface area contributed by atoms with Crippen LogP contribution < -0.4 is 36.1 Å². The molecule has 0 bridgehead atoms. The van der Waals surface area contributed by atoms with Crippen molar-refractivity contribution in [3.63, 3.8) is 0 Å². The molecule has 0 spiro atoms. The van der Waals surface area contributed by atoms with E-state index in [9.17, 15) is 27.9 Å². The summed E-state index contributed by atoms with van der Waals surface area (Å²) in [5.74, 6) is 4.22. The number of aromatic amines is 2. The van der Waals surface area contributed by atoms with Crippen LogP contribution in [0.25, 0.3) is 55.6 Å². The quantitative estimate of drug-likeness (QED) is 0.0467. The van der Waals surface area contributed by atoms with Crippen molar-refractivity contribution in [2.24, 2.45) is 0 Å². The molecule has 2 aliphatic rings. The third kappa shape index (κ3) is 20.7. The van der Waals surface area contributed by atoms with E-state index >= 15 is 0 Å². The molecule has 0 saturated carbocycles. The molecule has 2 fully saturated rings. The number of aliphatic hydroxyl groups is 1. The standard InChI is InChI=1S/C27H29FN6O3.C17H12FN5O.C12H9BFO3.C10H19NO3.C5H4IN5/c1-27(2,3)37-26(35)33-14-4-5-19(15-33)34-25-22(24(29)30-16-31-25)23(32-34)17-6-10-20(11-7-17)36-21-12-8-18(28)9-13-21;18-11-3-7-13(8-4-11)24-12-5-1-10(2-6-12)15-14-16(19)20-9-21-17(14)23-22-15;14-9-1-3-10(4-2-9)16-11-5-7-12(8-6-11)17-13-15;1-10(2,3)14-9(13)11-6-4-5-8(12)7-11;6-3-2-4(7)8-1-9-5(2)11-10-3/h6-13,16,19H,4-5,14-15H2,1-3H3,(H2,29,30,31);1-9H,(H3,19,20,21,22,23);1-8,15H;8,12H,4-7H2,1-3H3;1H,(H3,7,8,9,10,11). The maximum atomic E-state index is 13.2. The number of nitrogen functional groups attached to an aromatic ring is 3. The van der Waals surface area contributed by atoms with Gasteiger partial charge in [-0.15, -0.1) is 0 Å². The van der Waals surface area contributed by atoms with Crippen LogP contribution in [0.5, 0.6) is 40.2 Å². The first-order valence-corrected chi connectivity index (χ1v) is 33.3. The predicted octanol–water partition coefficient (Wildman–Crippen LogP) is 13.6. The number of benzene rings is 6. The van der Waals surface area contributed by atoms with Gasteiger partial charge in [-0.2, -0.15) is 15.3 Å². The lowest BCUT2D eigenvalue weighted by molar-refractivity contribution is 0.00387. The van der Waals surface area contributed by atoms with E-state index in [0.29, 0.717) is 125 Å². The van der Waals surface area contributed by atoms with Gasteiger partial charge in [0.1, 0.15) is 115 Å². The van der Waals surface area contributed by atoms with Crippen molar-refractivity contribution < 1.29 is 61.2 Å². The van der Waals surface area contributed by atoms with E-state index in [1.807, 2.05) is 94.8 Å². The lowest BCUT2D eigenvalue weighted by atomic mass is 10.1. The minimum Gasteiger partial charge on any atom is -0.537 e. The van der Waals surface area contributed by atoms with Crippen molar-refractivity contribution in [1.29, 1.82) is 0 Å². The van der Waals surface area contributed by atoms with Crippen LogP contribution in [0.2, 0.25) is 0 Å². The Kier molecular flexibility index (Phi) is 24.4. The number of piperidine rings is 2. The molecule has 2 saturated heterocycles. The number of nitrogens with one attached hydrogen (secondary N) is 2. The fourth-order valence-electron chi connectivity index (χ4n) is 10.4. The minimum atomic E-state index is -0.566. The smallest absolute Gasteiger partial charge is 0.537 e. The summed E-state index contributed by atoms with van der Waals surface area (Å²) in [5.41, 5.74) is 21.6. The van der Waals surface area contributed by atoms with Gasteiger partial charge in [0.2, 0.25) is 0 Å². The second-order valence-electron chi connectivity index (χ2n) is 25.2. The molecule has 12 aromatic rings. The molecule has 32 heteroatoms. The number of hydrogen-bond donors (Lipinski definition) is 7. The van der Waals surface area contributed by atoms with E-state index in [1.54, 1.807) is 70.5 Å². The molecule has 2 amide bonds. The van der Waals surface area contributed by atoms with Crippen LogP contribution in [-0.4, -0.2) is 143 Å². The molecule has 1 radical (unpaired) electrons. The molecule has 2 aliphatic heterocycles. The number of hydrogen-bond acceptors (Lipinski definition) is 22. The van der Waals surface area contributed by atoms with Gasteiger partial charge in [0.15, 0.2) is 16.9 Å². The van der Waals surface area contributed by atoms with Crippen LogP contribution in [0.1, 0.15) is 73.3 Å². The van der Waals surface area contributed by atoms with E-state index in [-0.39, 0.29) is 35.7 Å². The van der Waals surface area contributed by atoms with Gasteiger partial charge in [-0.05, 0) is 235 Å². The summed E-state index contributed by atoms with van der Waals surface area (Å²) in [6.45, 7) is 13.3. The van der Waals surface area contributed by atoms with Gasteiger partial charge in [0.25, 0.3) is 0 Å². The SMILES string of the molecule is CC(C)(C)OC(=O)N1CCCC(O)C1.CC(C)(C)OC(=O)N1CCCC(n2nc(-c3ccc(Oc4ccc(F)cc4)cc3)c3c(N)ncnc32)C1.Nc1ncnc2n[nH]c(-c3ccc(Oc4ccc(F)cc4)cc3)c12.Nc1ncnc2n[nH]c(I)c12.O[B]Oc1ccc(Oc2ccc(F)cc2)cc1. The predicted molar refractivity (Wildman–Crippen MR) is 389 cm³/mol. The Balaban J connectivity index is 0.000000149. The summed E-state index contributed by atoms with van der Waals surface area (Å²) in [6, 6.07) is 38.7. The number of β-amino-alcohol motifs (C(OH)–C–C–N with tert-alkyl or cyclic N) is 1. The van der Waals surface area contributed by atoms with Gasteiger partial charge in [-0.25, -0.2) is 57.3 Å². The van der Waals surface area contributed by atoms with Crippen molar-refractivity contribution in [2.75, 3.05) is 43.4 Å². The van der Waals surface area contributed by atoms with E-state index in [1.165, 1.54) is 55.4 Å². The number of nitrogens with zero attached hydrogens (tertiary/aromatic N) is 12. The molecule has 2 unspecified atom stereocenters. The fourth-order valence-corrected chi connectivity index (χ4v) is 11.0. The minimum absolute atomic E-state index is 0.0899. The summed E-state index contributed by atoms with van der Waals surface area (Å²) in [7, 11) is 0.607. The third-order valence-electron chi connectivity index (χ3n) is 15.1. The van der Waals surface area contributed by atoms with Gasteiger partial charge in [-0.1, -0.05) is 0 Å². The molecular formula is C71H73BF3IN17O10. The van der Waals surface area contributed by atoms with Crippen LogP contribution in [-0.2, 0) is 9.47 Å². The van der Waals surface area contributed by atoms with E-state index in [2.05, 4.69) is 72.9 Å². The molecule has 14 rings (SSSR count). The zero-order chi connectivity index (χ0) is 73.4. The van der Waals surface area contributed by atoms with Gasteiger partial charge in [0, 0.05) is 37.3 Å². The van der Waals surface area contributed by atoms with Gasteiger partial charge in [0.05, 0.1) is 34.0 Å². The molecule has 6 aromatic heterocycles.